The van der Waals surface area contributed by atoms with Crippen molar-refractivity contribution < 1.29 is 27.4 Å². The number of halogens is 3. The Balaban J connectivity index is 1.73. The van der Waals surface area contributed by atoms with Crippen LogP contribution >= 0.6 is 0 Å². The van der Waals surface area contributed by atoms with Crippen molar-refractivity contribution in [3.63, 3.8) is 0 Å². The number of likely N-dealkylation sites (tertiary alicyclic amines) is 1. The minimum atomic E-state index is -4.57. The minimum absolute atomic E-state index is 0.00260. The van der Waals surface area contributed by atoms with Gasteiger partial charge in [0.2, 0.25) is 0 Å². The summed E-state index contributed by atoms with van der Waals surface area (Å²) in [4.78, 5) is 17.3. The van der Waals surface area contributed by atoms with Crippen LogP contribution in [0.3, 0.4) is 0 Å². The van der Waals surface area contributed by atoms with Crippen molar-refractivity contribution in [2.24, 2.45) is 0 Å². The number of aromatic nitrogens is 1. The molecule has 0 unspecified atom stereocenters. The standard InChI is InChI=1S/C15H17F3N2O3/c1-22-11-7-14(23-8-11)3-5-20(9-14)13(21)10-2-4-19-12(6-10)15(16,17)18/h2,4,6,11H,3,5,7-9H2,1H3/t11-,14+/m1/s1. The molecule has 2 fully saturated rings. The van der Waals surface area contributed by atoms with Crippen molar-refractivity contribution in [1.82, 2.24) is 9.88 Å². The first kappa shape index (κ1) is 16.2. The monoisotopic (exact) mass is 330 g/mol. The number of ether oxygens (including phenoxy) is 2. The maximum absolute atomic E-state index is 12.7. The summed E-state index contributed by atoms with van der Waals surface area (Å²) in [5.41, 5.74) is -1.50. The van der Waals surface area contributed by atoms with Crippen molar-refractivity contribution in [1.29, 1.82) is 0 Å². The molecule has 0 N–H and O–H groups in total. The number of pyridine rings is 1. The van der Waals surface area contributed by atoms with Gasteiger partial charge in [-0.3, -0.25) is 9.78 Å². The number of hydrogen-bond donors (Lipinski definition) is 0. The van der Waals surface area contributed by atoms with Crippen LogP contribution < -0.4 is 0 Å². The molecule has 2 aliphatic rings. The van der Waals surface area contributed by atoms with Crippen LogP contribution in [-0.2, 0) is 15.7 Å². The van der Waals surface area contributed by atoms with Crippen LogP contribution in [0.25, 0.3) is 0 Å². The lowest BCUT2D eigenvalue weighted by atomic mass is 9.98. The lowest BCUT2D eigenvalue weighted by molar-refractivity contribution is -0.141. The van der Waals surface area contributed by atoms with Crippen molar-refractivity contribution in [2.45, 2.75) is 30.7 Å². The van der Waals surface area contributed by atoms with Crippen LogP contribution in [0.5, 0.6) is 0 Å². The predicted octanol–water partition coefficient (Wildman–Crippen LogP) is 2.12. The fourth-order valence-corrected chi connectivity index (χ4v) is 3.16. The first-order valence-corrected chi connectivity index (χ1v) is 7.32. The highest BCUT2D eigenvalue weighted by Crippen LogP contribution is 2.36. The first-order chi connectivity index (χ1) is 10.8. The Hall–Kier alpha value is -1.67. The zero-order chi connectivity index (χ0) is 16.7. The Morgan fingerprint density at radius 3 is 2.96 bits per heavy atom. The normalized spacial score (nSPS) is 27.8. The van der Waals surface area contributed by atoms with Gasteiger partial charge in [0.25, 0.3) is 5.91 Å². The largest absolute Gasteiger partial charge is 0.433 e. The Labute approximate surface area is 131 Å². The highest BCUT2D eigenvalue weighted by Gasteiger charge is 2.47. The Morgan fingerprint density at radius 1 is 1.52 bits per heavy atom. The van der Waals surface area contributed by atoms with Gasteiger partial charge >= 0.3 is 6.18 Å². The molecule has 2 atom stereocenters. The molecular formula is C15H17F3N2O3. The Morgan fingerprint density at radius 2 is 2.30 bits per heavy atom. The van der Waals surface area contributed by atoms with E-state index in [1.807, 2.05) is 0 Å². The zero-order valence-corrected chi connectivity index (χ0v) is 12.6. The molecule has 23 heavy (non-hydrogen) atoms. The van der Waals surface area contributed by atoms with Gasteiger partial charge in [-0.25, -0.2) is 0 Å². The van der Waals surface area contributed by atoms with Crippen LogP contribution in [0.15, 0.2) is 18.3 Å². The van der Waals surface area contributed by atoms with Gasteiger partial charge in [-0.1, -0.05) is 0 Å². The number of rotatable bonds is 2. The maximum Gasteiger partial charge on any atom is 0.433 e. The van der Waals surface area contributed by atoms with Crippen molar-refractivity contribution >= 4 is 5.91 Å². The SMILES string of the molecule is CO[C@H]1CO[C@@]2(CCN(C(=O)c3ccnc(C(F)(F)F)c3)C2)C1. The van der Waals surface area contributed by atoms with Gasteiger partial charge in [0, 0.05) is 31.8 Å². The first-order valence-electron chi connectivity index (χ1n) is 7.32. The molecule has 3 rings (SSSR count). The summed E-state index contributed by atoms with van der Waals surface area (Å²) in [6.07, 6.45) is -2.20. The van der Waals surface area contributed by atoms with Gasteiger partial charge in [-0.2, -0.15) is 13.2 Å². The van der Waals surface area contributed by atoms with E-state index in [0.717, 1.165) is 12.3 Å². The third-order valence-corrected chi connectivity index (χ3v) is 4.41. The van der Waals surface area contributed by atoms with E-state index < -0.39 is 23.4 Å². The van der Waals surface area contributed by atoms with Gasteiger partial charge in [0.1, 0.15) is 5.69 Å². The Kier molecular flexibility index (Phi) is 4.05. The van der Waals surface area contributed by atoms with Crippen LogP contribution in [0.2, 0.25) is 0 Å². The van der Waals surface area contributed by atoms with Gasteiger partial charge in [0.05, 0.1) is 24.9 Å². The number of methoxy groups -OCH3 is 1. The summed E-state index contributed by atoms with van der Waals surface area (Å²) >= 11 is 0. The van der Waals surface area contributed by atoms with Gasteiger partial charge < -0.3 is 14.4 Å². The number of carbonyl (C=O) groups excluding carboxylic acids is 1. The summed E-state index contributed by atoms with van der Waals surface area (Å²) < 4.78 is 49.2. The fraction of sp³-hybridized carbons (Fsp3) is 0.600. The lowest BCUT2D eigenvalue weighted by Gasteiger charge is -2.23. The molecule has 2 aliphatic heterocycles. The second-order valence-corrected chi connectivity index (χ2v) is 5.96. The molecule has 1 amide bonds. The fourth-order valence-electron chi connectivity index (χ4n) is 3.16. The molecule has 5 nitrogen and oxygen atoms in total. The number of carbonyl (C=O) groups is 1. The molecule has 0 aliphatic carbocycles. The van der Waals surface area contributed by atoms with E-state index in [4.69, 9.17) is 9.47 Å². The predicted molar refractivity (Wildman–Crippen MR) is 73.9 cm³/mol. The summed E-state index contributed by atoms with van der Waals surface area (Å²) in [5, 5.41) is 0. The topological polar surface area (TPSA) is 51.7 Å². The second-order valence-electron chi connectivity index (χ2n) is 5.96. The van der Waals surface area contributed by atoms with Crippen molar-refractivity contribution in [3.05, 3.63) is 29.6 Å². The van der Waals surface area contributed by atoms with Crippen molar-refractivity contribution in [2.75, 3.05) is 26.8 Å². The summed E-state index contributed by atoms with van der Waals surface area (Å²) in [6.45, 7) is 1.31. The molecule has 1 aromatic heterocycles. The number of hydrogen-bond acceptors (Lipinski definition) is 4. The van der Waals surface area contributed by atoms with Gasteiger partial charge in [-0.05, 0) is 18.6 Å². The summed E-state index contributed by atoms with van der Waals surface area (Å²) in [7, 11) is 1.61. The molecule has 8 heteroatoms. The average Bonchev–Trinajstić information content (AvgIpc) is 3.13. The van der Waals surface area contributed by atoms with Crippen molar-refractivity contribution in [3.8, 4) is 0 Å². The van der Waals surface area contributed by atoms with E-state index in [1.165, 1.54) is 11.0 Å². The van der Waals surface area contributed by atoms with E-state index in [1.54, 1.807) is 7.11 Å². The van der Waals surface area contributed by atoms with E-state index in [9.17, 15) is 18.0 Å². The number of alkyl halides is 3. The third-order valence-electron chi connectivity index (χ3n) is 4.41. The third kappa shape index (κ3) is 3.18. The number of amides is 1. The second kappa shape index (κ2) is 5.76. The molecule has 1 aromatic rings. The molecule has 0 bridgehead atoms. The van der Waals surface area contributed by atoms with Crippen LogP contribution in [0.4, 0.5) is 13.2 Å². The van der Waals surface area contributed by atoms with E-state index in [-0.39, 0.29) is 11.7 Å². The average molecular weight is 330 g/mol. The molecule has 3 heterocycles. The highest BCUT2D eigenvalue weighted by molar-refractivity contribution is 5.94. The quantitative estimate of drug-likeness (QED) is 0.833. The minimum Gasteiger partial charge on any atom is -0.379 e. The van der Waals surface area contributed by atoms with Crippen LogP contribution in [-0.4, -0.2) is 54.3 Å². The highest BCUT2D eigenvalue weighted by atomic mass is 19.4. The van der Waals surface area contributed by atoms with Gasteiger partial charge in [0.15, 0.2) is 0 Å². The van der Waals surface area contributed by atoms with E-state index in [2.05, 4.69) is 4.98 Å². The van der Waals surface area contributed by atoms with E-state index in [0.29, 0.717) is 32.5 Å². The molecule has 0 aromatic carbocycles. The number of nitrogens with zero attached hydrogens (tertiary/aromatic N) is 2. The molecular weight excluding hydrogens is 313 g/mol. The maximum atomic E-state index is 12.7. The van der Waals surface area contributed by atoms with Crippen LogP contribution in [0.1, 0.15) is 28.9 Å². The molecule has 2 saturated heterocycles. The lowest BCUT2D eigenvalue weighted by Crippen LogP contribution is -2.36. The van der Waals surface area contributed by atoms with E-state index >= 15 is 0 Å². The molecule has 0 saturated carbocycles. The molecule has 126 valence electrons. The molecule has 0 radical (unpaired) electrons. The smallest absolute Gasteiger partial charge is 0.379 e. The van der Waals surface area contributed by atoms with Crippen LogP contribution in [0, 0.1) is 0 Å². The Bertz CT molecular complexity index is 608. The molecule has 1 spiro atoms. The zero-order valence-electron chi connectivity index (χ0n) is 12.6. The summed E-state index contributed by atoms with van der Waals surface area (Å²) in [6, 6.07) is 2.09. The van der Waals surface area contributed by atoms with Gasteiger partial charge in [-0.15, -0.1) is 0 Å². The summed E-state index contributed by atoms with van der Waals surface area (Å²) in [5.74, 6) is -0.431.